The number of aromatic nitrogens is 3. The van der Waals surface area contributed by atoms with E-state index in [9.17, 15) is 9.59 Å². The number of carbonyl (C=O) groups is 1. The maximum atomic E-state index is 12.5. The highest BCUT2D eigenvalue weighted by Crippen LogP contribution is 2.20. The lowest BCUT2D eigenvalue weighted by molar-refractivity contribution is 0.0951. The molecule has 0 fully saturated rings. The largest absolute Gasteiger partial charge is 0.356 e. The fraction of sp³-hybridized carbons (Fsp3) is 0.200. The number of hydrogen-bond acceptors (Lipinski definition) is 6. The fourth-order valence-electron chi connectivity index (χ4n) is 3.54. The Hall–Kier alpha value is -3.96. The topological polar surface area (TPSA) is 91.0 Å². The molecule has 0 radical (unpaired) electrons. The van der Waals surface area contributed by atoms with Crippen molar-refractivity contribution in [1.29, 1.82) is 0 Å². The molecule has 0 bridgehead atoms. The lowest BCUT2D eigenvalue weighted by Crippen LogP contribution is -2.24. The number of aryl methyl sites for hydroxylation is 2. The summed E-state index contributed by atoms with van der Waals surface area (Å²) in [7, 11) is 0. The van der Waals surface area contributed by atoms with Crippen molar-refractivity contribution in [2.75, 3.05) is 11.4 Å². The first-order valence-electron chi connectivity index (χ1n) is 10.4. The van der Waals surface area contributed by atoms with Crippen LogP contribution in [0.4, 0.5) is 5.69 Å². The molecule has 2 aromatic heterocycles. The van der Waals surface area contributed by atoms with Crippen LogP contribution in [0.25, 0.3) is 10.9 Å². The van der Waals surface area contributed by atoms with E-state index in [0.29, 0.717) is 41.9 Å². The van der Waals surface area contributed by atoms with Crippen LogP contribution in [-0.4, -0.2) is 27.4 Å². The normalized spacial score (nSPS) is 10.7. The monoisotopic (exact) mass is 457 g/mol. The van der Waals surface area contributed by atoms with Crippen molar-refractivity contribution < 1.29 is 4.79 Å². The van der Waals surface area contributed by atoms with E-state index in [1.807, 2.05) is 47.5 Å². The van der Waals surface area contributed by atoms with Gasteiger partial charge in [0.15, 0.2) is 0 Å². The van der Waals surface area contributed by atoms with Gasteiger partial charge in [-0.1, -0.05) is 12.0 Å². The highest BCUT2D eigenvalue weighted by atomic mass is 32.1. The predicted octanol–water partition coefficient (Wildman–Crippen LogP) is 3.57. The van der Waals surface area contributed by atoms with E-state index in [-0.39, 0.29) is 11.5 Å². The van der Waals surface area contributed by atoms with Crippen LogP contribution in [0.3, 0.4) is 0 Å². The minimum atomic E-state index is -0.161. The minimum Gasteiger partial charge on any atom is -0.356 e. The van der Waals surface area contributed by atoms with Crippen molar-refractivity contribution in [2.24, 2.45) is 0 Å². The van der Waals surface area contributed by atoms with Gasteiger partial charge in [0.25, 0.3) is 11.5 Å². The Morgan fingerprint density at radius 3 is 2.67 bits per heavy atom. The second-order valence-corrected chi connectivity index (χ2v) is 8.62. The number of H-pyrrole nitrogens is 1. The molecule has 166 valence electrons. The van der Waals surface area contributed by atoms with Crippen molar-refractivity contribution in [3.05, 3.63) is 85.9 Å². The number of carbonyl (C=O) groups excluding carboxylic acids is 1. The summed E-state index contributed by atoms with van der Waals surface area (Å²) in [5.41, 5.74) is 3.83. The molecule has 2 N–H and O–H groups in total. The van der Waals surface area contributed by atoms with E-state index in [2.05, 4.69) is 26.2 Å². The van der Waals surface area contributed by atoms with Crippen LogP contribution in [-0.2, 0) is 13.1 Å². The molecule has 8 heteroatoms. The Morgan fingerprint density at radius 2 is 1.97 bits per heavy atom. The quantitative estimate of drug-likeness (QED) is 0.414. The van der Waals surface area contributed by atoms with Gasteiger partial charge in [-0.25, -0.2) is 9.97 Å². The standard InChI is InChI=1S/C25H23N5O2S/c1-4-11-30(14-18-5-10-22-21(12-18)25(32)29-17(3)28-22)20-8-6-19(7-9-20)24(31)26-13-23-27-16(2)15-33-23/h1,5-10,12,15H,11,13-14H2,2-3H3,(H,26,31)(H,28,29,32). The van der Waals surface area contributed by atoms with Crippen LogP contribution in [0.2, 0.25) is 0 Å². The Bertz CT molecular complexity index is 1400. The van der Waals surface area contributed by atoms with Gasteiger partial charge in [0.2, 0.25) is 0 Å². The van der Waals surface area contributed by atoms with Crippen LogP contribution in [0.15, 0.2) is 52.6 Å². The zero-order valence-electron chi connectivity index (χ0n) is 18.4. The van der Waals surface area contributed by atoms with E-state index in [1.54, 1.807) is 19.1 Å². The second-order valence-electron chi connectivity index (χ2n) is 7.68. The average Bonchev–Trinajstić information content (AvgIpc) is 3.22. The molecule has 0 aliphatic heterocycles. The summed E-state index contributed by atoms with van der Waals surface area (Å²) in [4.78, 5) is 38.3. The lowest BCUT2D eigenvalue weighted by atomic mass is 10.1. The lowest BCUT2D eigenvalue weighted by Gasteiger charge is -2.23. The number of nitrogens with one attached hydrogen (secondary N) is 2. The minimum absolute atomic E-state index is 0.158. The van der Waals surface area contributed by atoms with Gasteiger partial charge < -0.3 is 15.2 Å². The first kappa shape index (κ1) is 22.2. The third-order valence-corrected chi connectivity index (χ3v) is 6.07. The van der Waals surface area contributed by atoms with E-state index >= 15 is 0 Å². The number of thiazole rings is 1. The number of anilines is 1. The zero-order chi connectivity index (χ0) is 23.4. The molecule has 0 unspecified atom stereocenters. The maximum Gasteiger partial charge on any atom is 0.258 e. The van der Waals surface area contributed by atoms with E-state index < -0.39 is 0 Å². The third-order valence-electron chi connectivity index (χ3n) is 5.11. The summed E-state index contributed by atoms with van der Waals surface area (Å²) in [5.74, 6) is 3.11. The Kier molecular flexibility index (Phi) is 6.52. The van der Waals surface area contributed by atoms with Crippen LogP contribution in [0.5, 0.6) is 0 Å². The molecule has 0 aliphatic carbocycles. The number of hydrogen-bond donors (Lipinski definition) is 2. The molecule has 33 heavy (non-hydrogen) atoms. The smallest absolute Gasteiger partial charge is 0.258 e. The van der Waals surface area contributed by atoms with Crippen molar-refractivity contribution in [2.45, 2.75) is 26.9 Å². The van der Waals surface area contributed by atoms with E-state index in [1.165, 1.54) is 11.3 Å². The highest BCUT2D eigenvalue weighted by molar-refractivity contribution is 7.09. The maximum absolute atomic E-state index is 12.5. The molecule has 4 rings (SSSR count). The van der Waals surface area contributed by atoms with Crippen LogP contribution in [0.1, 0.15) is 32.4 Å². The first-order valence-corrected chi connectivity index (χ1v) is 11.3. The molecule has 7 nitrogen and oxygen atoms in total. The molecule has 2 heterocycles. The number of benzene rings is 2. The fourth-order valence-corrected chi connectivity index (χ4v) is 4.25. The van der Waals surface area contributed by atoms with Gasteiger partial charge >= 0.3 is 0 Å². The van der Waals surface area contributed by atoms with Gasteiger partial charge in [0.1, 0.15) is 10.8 Å². The Labute approximate surface area is 195 Å². The molecule has 0 spiro atoms. The Morgan fingerprint density at radius 1 is 1.18 bits per heavy atom. The van der Waals surface area contributed by atoms with Gasteiger partial charge in [0.05, 0.1) is 24.0 Å². The van der Waals surface area contributed by atoms with Crippen molar-refractivity contribution in [3.63, 3.8) is 0 Å². The zero-order valence-corrected chi connectivity index (χ0v) is 19.2. The SMILES string of the molecule is C#CCN(Cc1ccc2nc(C)[nH]c(=O)c2c1)c1ccc(C(=O)NCc2nc(C)cs2)cc1. The third kappa shape index (κ3) is 5.27. The summed E-state index contributed by atoms with van der Waals surface area (Å²) in [6, 6.07) is 12.9. The molecular weight excluding hydrogens is 434 g/mol. The van der Waals surface area contributed by atoms with Crippen molar-refractivity contribution >= 4 is 33.8 Å². The predicted molar refractivity (Wildman–Crippen MR) is 131 cm³/mol. The van der Waals surface area contributed by atoms with Crippen molar-refractivity contribution in [1.82, 2.24) is 20.3 Å². The molecular formula is C25H23N5O2S. The van der Waals surface area contributed by atoms with Gasteiger partial charge in [-0.3, -0.25) is 9.59 Å². The van der Waals surface area contributed by atoms with Crippen LogP contribution < -0.4 is 15.8 Å². The number of amides is 1. The number of aromatic amines is 1. The van der Waals surface area contributed by atoms with Gasteiger partial charge in [-0.05, 0) is 55.8 Å². The average molecular weight is 458 g/mol. The van der Waals surface area contributed by atoms with Crippen LogP contribution >= 0.6 is 11.3 Å². The highest BCUT2D eigenvalue weighted by Gasteiger charge is 2.11. The first-order chi connectivity index (χ1) is 15.9. The molecule has 0 atom stereocenters. The number of terminal acetylenes is 1. The molecule has 0 saturated heterocycles. The number of rotatable bonds is 7. The molecule has 4 aromatic rings. The Balaban J connectivity index is 1.48. The van der Waals surface area contributed by atoms with Crippen LogP contribution in [0, 0.1) is 26.2 Å². The molecule has 1 amide bonds. The number of nitrogens with zero attached hydrogens (tertiary/aromatic N) is 3. The summed E-state index contributed by atoms with van der Waals surface area (Å²) in [6.07, 6.45) is 5.60. The summed E-state index contributed by atoms with van der Waals surface area (Å²) in [5, 5.41) is 6.27. The summed E-state index contributed by atoms with van der Waals surface area (Å²) >= 11 is 1.52. The van der Waals surface area contributed by atoms with Gasteiger partial charge in [0, 0.05) is 28.9 Å². The van der Waals surface area contributed by atoms with Gasteiger partial charge in [-0.2, -0.15) is 0 Å². The molecule has 2 aromatic carbocycles. The molecule has 0 aliphatic rings. The summed E-state index contributed by atoms with van der Waals surface area (Å²) < 4.78 is 0. The van der Waals surface area contributed by atoms with E-state index in [0.717, 1.165) is 22.0 Å². The van der Waals surface area contributed by atoms with Gasteiger partial charge in [-0.15, -0.1) is 17.8 Å². The van der Waals surface area contributed by atoms with E-state index in [4.69, 9.17) is 6.42 Å². The van der Waals surface area contributed by atoms with Crippen molar-refractivity contribution in [3.8, 4) is 12.3 Å². The summed E-state index contributed by atoms with van der Waals surface area (Å²) in [6.45, 7) is 4.99. The number of fused-ring (bicyclic) bond motifs is 1. The second kappa shape index (κ2) is 9.67. The molecule has 0 saturated carbocycles.